The van der Waals surface area contributed by atoms with Crippen molar-refractivity contribution in [3.63, 3.8) is 0 Å². The highest BCUT2D eigenvalue weighted by molar-refractivity contribution is 5.77. The van der Waals surface area contributed by atoms with Crippen molar-refractivity contribution in [3.8, 4) is 0 Å². The second kappa shape index (κ2) is 5.59. The smallest absolute Gasteiger partial charge is 0.313 e. The lowest BCUT2D eigenvalue weighted by atomic mass is 9.39. The van der Waals surface area contributed by atoms with E-state index in [1.54, 1.807) is 0 Å². The molecule has 3 nitrogen and oxygen atoms in total. The summed E-state index contributed by atoms with van der Waals surface area (Å²) >= 11 is 0. The zero-order valence-corrected chi connectivity index (χ0v) is 16.0. The Bertz CT molecular complexity index is 551. The first kappa shape index (κ1) is 18.0. The summed E-state index contributed by atoms with van der Waals surface area (Å²) in [6.07, 6.45) is 6.06. The zero-order chi connectivity index (χ0) is 17.9. The lowest BCUT2D eigenvalue weighted by Crippen LogP contribution is -2.61. The van der Waals surface area contributed by atoms with Crippen LogP contribution in [-0.4, -0.2) is 24.3 Å². The van der Waals surface area contributed by atoms with Gasteiger partial charge in [0.1, 0.15) is 0 Å². The van der Waals surface area contributed by atoms with Crippen molar-refractivity contribution in [3.05, 3.63) is 12.2 Å². The normalized spacial score (nSPS) is 47.5. The molecule has 136 valence electrons. The first-order chi connectivity index (χ1) is 11.1. The number of hydrogen-bond acceptors (Lipinski definition) is 3. The van der Waals surface area contributed by atoms with Crippen molar-refractivity contribution in [2.24, 2.45) is 34.0 Å². The molecule has 0 bridgehead atoms. The lowest BCUT2D eigenvalue weighted by molar-refractivity contribution is -0.182. The molecule has 0 aromatic carbocycles. The second-order valence-electron chi connectivity index (χ2n) is 9.78. The van der Waals surface area contributed by atoms with E-state index >= 15 is 0 Å². The Morgan fingerprint density at radius 2 is 1.79 bits per heavy atom. The van der Waals surface area contributed by atoms with Gasteiger partial charge in [-0.1, -0.05) is 40.7 Å². The number of rotatable bonds is 1. The zero-order valence-electron chi connectivity index (χ0n) is 16.0. The van der Waals surface area contributed by atoms with Gasteiger partial charge in [0, 0.05) is 0 Å². The minimum absolute atomic E-state index is 0.151. The Labute approximate surface area is 146 Å². The molecule has 0 saturated heterocycles. The summed E-state index contributed by atoms with van der Waals surface area (Å²) in [7, 11) is 1.45. The van der Waals surface area contributed by atoms with Crippen LogP contribution in [0, 0.1) is 34.0 Å². The highest BCUT2D eigenvalue weighted by atomic mass is 16.5. The fourth-order valence-corrected chi connectivity index (χ4v) is 7.10. The van der Waals surface area contributed by atoms with Crippen LogP contribution >= 0.6 is 0 Å². The summed E-state index contributed by atoms with van der Waals surface area (Å²) < 4.78 is 5.12. The van der Waals surface area contributed by atoms with Crippen LogP contribution < -0.4 is 0 Å². The van der Waals surface area contributed by atoms with E-state index < -0.39 is 6.10 Å². The molecule has 3 rings (SSSR count). The molecule has 0 unspecified atom stereocenters. The van der Waals surface area contributed by atoms with E-state index in [0.717, 1.165) is 19.3 Å². The SMILES string of the molecule is C=C1[C@H](C(=O)OC)[C@@]2(C)CC[C@@H]3C(C)(C)CCC[C@@]3(C)[C@@H]2C[C@H]1O. The van der Waals surface area contributed by atoms with Crippen molar-refractivity contribution in [2.75, 3.05) is 7.11 Å². The average molecular weight is 334 g/mol. The fraction of sp³-hybridized carbons (Fsp3) is 0.857. The monoisotopic (exact) mass is 334 g/mol. The summed E-state index contributed by atoms with van der Waals surface area (Å²) in [6.45, 7) is 13.6. The number of ether oxygens (including phenoxy) is 1. The number of carbonyl (C=O) groups is 1. The number of methoxy groups -OCH3 is 1. The molecule has 3 aliphatic carbocycles. The molecule has 3 aliphatic rings. The minimum Gasteiger partial charge on any atom is -0.469 e. The maximum atomic E-state index is 12.6. The molecule has 3 fully saturated rings. The van der Waals surface area contributed by atoms with E-state index in [2.05, 4.69) is 34.3 Å². The van der Waals surface area contributed by atoms with Gasteiger partial charge in [-0.3, -0.25) is 4.79 Å². The molecule has 24 heavy (non-hydrogen) atoms. The van der Waals surface area contributed by atoms with E-state index in [9.17, 15) is 9.90 Å². The van der Waals surface area contributed by atoms with Gasteiger partial charge in [-0.25, -0.2) is 0 Å². The molecule has 0 aromatic rings. The number of fused-ring (bicyclic) bond motifs is 3. The topological polar surface area (TPSA) is 46.5 Å². The summed E-state index contributed by atoms with van der Waals surface area (Å²) in [5.74, 6) is 0.407. The predicted molar refractivity (Wildman–Crippen MR) is 95.3 cm³/mol. The second-order valence-corrected chi connectivity index (χ2v) is 9.78. The van der Waals surface area contributed by atoms with Gasteiger partial charge < -0.3 is 9.84 Å². The Balaban J connectivity index is 2.06. The van der Waals surface area contributed by atoms with Gasteiger partial charge in [-0.05, 0) is 65.8 Å². The minimum atomic E-state index is -0.590. The molecule has 0 aliphatic heterocycles. The van der Waals surface area contributed by atoms with Crippen LogP contribution in [0.2, 0.25) is 0 Å². The molecular weight excluding hydrogens is 300 g/mol. The molecule has 1 N–H and O–H groups in total. The van der Waals surface area contributed by atoms with Crippen LogP contribution in [0.5, 0.6) is 0 Å². The number of hydrogen-bond donors (Lipinski definition) is 1. The third kappa shape index (κ3) is 2.30. The third-order valence-corrected chi connectivity index (χ3v) is 8.19. The van der Waals surface area contributed by atoms with Crippen LogP contribution in [0.3, 0.4) is 0 Å². The van der Waals surface area contributed by atoms with Crippen LogP contribution in [-0.2, 0) is 9.53 Å². The molecule has 0 heterocycles. The van der Waals surface area contributed by atoms with Gasteiger partial charge in [-0.15, -0.1) is 0 Å². The van der Waals surface area contributed by atoms with Crippen molar-refractivity contribution < 1.29 is 14.6 Å². The molecule has 0 amide bonds. The molecule has 3 saturated carbocycles. The molecule has 0 radical (unpaired) electrons. The van der Waals surface area contributed by atoms with Crippen molar-refractivity contribution in [1.82, 2.24) is 0 Å². The Morgan fingerprint density at radius 1 is 1.12 bits per heavy atom. The van der Waals surface area contributed by atoms with Gasteiger partial charge in [0.25, 0.3) is 0 Å². The van der Waals surface area contributed by atoms with E-state index in [1.165, 1.54) is 26.4 Å². The largest absolute Gasteiger partial charge is 0.469 e. The number of carbonyl (C=O) groups excluding carboxylic acids is 1. The summed E-state index contributed by atoms with van der Waals surface area (Å²) in [5, 5.41) is 10.7. The molecule has 3 heteroatoms. The Morgan fingerprint density at radius 3 is 2.42 bits per heavy atom. The number of esters is 1. The first-order valence-electron chi connectivity index (χ1n) is 9.52. The van der Waals surface area contributed by atoms with Crippen LogP contribution in [0.1, 0.15) is 66.2 Å². The summed E-state index contributed by atoms with van der Waals surface area (Å²) in [6, 6.07) is 0. The molecule has 6 atom stereocenters. The van der Waals surface area contributed by atoms with Gasteiger partial charge in [-0.2, -0.15) is 0 Å². The van der Waals surface area contributed by atoms with E-state index in [0.29, 0.717) is 22.8 Å². The van der Waals surface area contributed by atoms with Gasteiger partial charge in [0.2, 0.25) is 0 Å². The average Bonchev–Trinajstić information content (AvgIpc) is 2.48. The van der Waals surface area contributed by atoms with Gasteiger partial charge in [0.15, 0.2) is 0 Å². The molecular formula is C21H34O3. The molecule has 0 aromatic heterocycles. The number of aliphatic hydroxyl groups excluding tert-OH is 1. The van der Waals surface area contributed by atoms with Gasteiger partial charge in [0.05, 0.1) is 19.1 Å². The third-order valence-electron chi connectivity index (χ3n) is 8.19. The van der Waals surface area contributed by atoms with Crippen LogP contribution in [0.4, 0.5) is 0 Å². The fourth-order valence-electron chi connectivity index (χ4n) is 7.10. The lowest BCUT2D eigenvalue weighted by Gasteiger charge is -2.65. The highest BCUT2D eigenvalue weighted by Gasteiger charge is 2.63. The van der Waals surface area contributed by atoms with Crippen molar-refractivity contribution in [2.45, 2.75) is 72.3 Å². The van der Waals surface area contributed by atoms with Crippen molar-refractivity contribution in [1.29, 1.82) is 0 Å². The number of aliphatic hydroxyl groups is 1. The van der Waals surface area contributed by atoms with Crippen molar-refractivity contribution >= 4 is 5.97 Å². The Kier molecular flexibility index (Phi) is 4.18. The Hall–Kier alpha value is -0.830. The highest BCUT2D eigenvalue weighted by Crippen LogP contribution is 2.69. The van der Waals surface area contributed by atoms with Crippen LogP contribution in [0.25, 0.3) is 0 Å². The summed E-state index contributed by atoms with van der Waals surface area (Å²) in [4.78, 5) is 12.6. The van der Waals surface area contributed by atoms with Gasteiger partial charge >= 0.3 is 5.97 Å². The van der Waals surface area contributed by atoms with Crippen LogP contribution in [0.15, 0.2) is 12.2 Å². The van der Waals surface area contributed by atoms with E-state index in [4.69, 9.17) is 4.74 Å². The van der Waals surface area contributed by atoms with E-state index in [1.807, 2.05) is 0 Å². The standard InChI is InChI=1S/C21H34O3/c1-13-14(22)12-16-20(4)10-7-9-19(2,3)15(20)8-11-21(16,5)17(13)18(23)24-6/h14-17,22H,1,7-12H2,2-6H3/t14-,15-,16+,17-,20-,21+/m1/s1. The maximum Gasteiger partial charge on any atom is 0.313 e. The first-order valence-corrected chi connectivity index (χ1v) is 9.52. The predicted octanol–water partition coefficient (Wildman–Crippen LogP) is 4.35. The maximum absolute atomic E-state index is 12.6. The summed E-state index contributed by atoms with van der Waals surface area (Å²) in [5.41, 5.74) is 1.04. The van der Waals surface area contributed by atoms with E-state index in [-0.39, 0.29) is 22.7 Å². The quantitative estimate of drug-likeness (QED) is 0.573. The molecule has 0 spiro atoms.